The minimum Gasteiger partial charge on any atom is -0.481 e. The highest BCUT2D eigenvalue weighted by molar-refractivity contribution is 5.79. The van der Waals surface area contributed by atoms with E-state index < -0.39 is 11.5 Å². The van der Waals surface area contributed by atoms with Gasteiger partial charge in [-0.3, -0.25) is 9.69 Å². The molecule has 1 aromatic heterocycles. The molecule has 1 N–H and O–H groups in total. The minimum absolute atomic E-state index is 0.268. The summed E-state index contributed by atoms with van der Waals surface area (Å²) < 4.78 is 10.5. The maximum absolute atomic E-state index is 11.7. The molecule has 0 aliphatic carbocycles. The first kappa shape index (κ1) is 15.0. The van der Waals surface area contributed by atoms with Crippen molar-refractivity contribution >= 4 is 11.8 Å². The first-order chi connectivity index (χ1) is 10.7. The molecule has 0 radical (unpaired) electrons. The monoisotopic (exact) mass is 308 g/mol. The van der Waals surface area contributed by atoms with Crippen LogP contribution in [0.15, 0.2) is 12.4 Å². The van der Waals surface area contributed by atoms with Gasteiger partial charge in [0, 0.05) is 45.3 Å². The van der Waals surface area contributed by atoms with Gasteiger partial charge >= 0.3 is 5.97 Å². The molecule has 0 amide bonds. The summed E-state index contributed by atoms with van der Waals surface area (Å²) >= 11 is 0. The van der Waals surface area contributed by atoms with Crippen LogP contribution in [0.1, 0.15) is 6.42 Å². The van der Waals surface area contributed by atoms with Crippen LogP contribution in [-0.4, -0.2) is 78.0 Å². The first-order valence-corrected chi connectivity index (χ1v) is 7.33. The van der Waals surface area contributed by atoms with Crippen molar-refractivity contribution in [3.63, 3.8) is 0 Å². The molecular weight excluding hydrogens is 288 g/mol. The molecule has 1 atom stereocenters. The average molecular weight is 308 g/mol. The van der Waals surface area contributed by atoms with E-state index in [1.54, 1.807) is 13.2 Å². The fourth-order valence-corrected chi connectivity index (χ4v) is 3.09. The van der Waals surface area contributed by atoms with E-state index in [0.717, 1.165) is 18.9 Å². The number of carboxylic acid groups (broad SMARTS) is 1. The van der Waals surface area contributed by atoms with Crippen LogP contribution in [-0.2, 0) is 9.53 Å². The quantitative estimate of drug-likeness (QED) is 0.822. The zero-order valence-corrected chi connectivity index (χ0v) is 12.6. The van der Waals surface area contributed by atoms with Gasteiger partial charge in [-0.05, 0) is 0 Å². The van der Waals surface area contributed by atoms with Crippen LogP contribution in [0.2, 0.25) is 0 Å². The second-order valence-corrected chi connectivity index (χ2v) is 5.53. The molecule has 8 nitrogen and oxygen atoms in total. The lowest BCUT2D eigenvalue weighted by atomic mass is 9.95. The van der Waals surface area contributed by atoms with Gasteiger partial charge < -0.3 is 19.5 Å². The molecule has 2 fully saturated rings. The summed E-state index contributed by atoms with van der Waals surface area (Å²) in [5.74, 6) is 0.541. The van der Waals surface area contributed by atoms with E-state index in [-0.39, 0.29) is 6.61 Å². The van der Waals surface area contributed by atoms with Crippen LogP contribution in [0.5, 0.6) is 5.88 Å². The highest BCUT2D eigenvalue weighted by Gasteiger charge is 2.48. The van der Waals surface area contributed by atoms with Gasteiger partial charge in [-0.2, -0.15) is 0 Å². The van der Waals surface area contributed by atoms with Crippen molar-refractivity contribution in [3.8, 4) is 5.88 Å². The number of ether oxygens (including phenoxy) is 2. The Labute approximate surface area is 128 Å². The van der Waals surface area contributed by atoms with Gasteiger partial charge in [0.2, 0.25) is 5.88 Å². The third kappa shape index (κ3) is 2.59. The summed E-state index contributed by atoms with van der Waals surface area (Å²) in [6, 6.07) is 1.79. The van der Waals surface area contributed by atoms with E-state index in [4.69, 9.17) is 9.47 Å². The standard InChI is InChI=1S/C14H20N4O4/c1-21-12-8-11(15-10-16-12)17-3-5-18(6-4-17)14(13(19)20)2-7-22-9-14/h8,10H,2-7,9H2,1H3,(H,19,20). The summed E-state index contributed by atoms with van der Waals surface area (Å²) in [4.78, 5) is 24.1. The number of piperazine rings is 1. The van der Waals surface area contributed by atoms with E-state index >= 15 is 0 Å². The summed E-state index contributed by atoms with van der Waals surface area (Å²) in [5, 5.41) is 9.59. The molecule has 3 heterocycles. The minimum atomic E-state index is -0.866. The third-order valence-electron chi connectivity index (χ3n) is 4.44. The number of hydrogen-bond donors (Lipinski definition) is 1. The van der Waals surface area contributed by atoms with Gasteiger partial charge in [0.05, 0.1) is 13.7 Å². The van der Waals surface area contributed by atoms with Gasteiger partial charge in [-0.15, -0.1) is 0 Å². The van der Waals surface area contributed by atoms with Crippen LogP contribution in [0.4, 0.5) is 5.82 Å². The lowest BCUT2D eigenvalue weighted by Gasteiger charge is -2.42. The predicted molar refractivity (Wildman–Crippen MR) is 78.2 cm³/mol. The van der Waals surface area contributed by atoms with Crippen molar-refractivity contribution in [1.82, 2.24) is 14.9 Å². The van der Waals surface area contributed by atoms with Gasteiger partial charge in [-0.25, -0.2) is 9.97 Å². The van der Waals surface area contributed by atoms with Crippen molar-refractivity contribution in [1.29, 1.82) is 0 Å². The second kappa shape index (κ2) is 6.05. The van der Waals surface area contributed by atoms with Gasteiger partial charge in [0.15, 0.2) is 0 Å². The number of rotatable bonds is 4. The van der Waals surface area contributed by atoms with Crippen LogP contribution in [0, 0.1) is 0 Å². The molecular formula is C14H20N4O4. The summed E-state index contributed by atoms with van der Waals surface area (Å²) in [7, 11) is 1.57. The fourth-order valence-electron chi connectivity index (χ4n) is 3.09. The third-order valence-corrected chi connectivity index (χ3v) is 4.44. The molecule has 0 spiro atoms. The van der Waals surface area contributed by atoms with Gasteiger partial charge in [-0.1, -0.05) is 0 Å². The van der Waals surface area contributed by atoms with Crippen LogP contribution in [0.25, 0.3) is 0 Å². The largest absolute Gasteiger partial charge is 0.481 e. The van der Waals surface area contributed by atoms with E-state index in [9.17, 15) is 9.90 Å². The molecule has 1 unspecified atom stereocenters. The molecule has 2 aliphatic rings. The van der Waals surface area contributed by atoms with E-state index in [1.807, 2.05) is 4.90 Å². The van der Waals surface area contributed by atoms with Gasteiger partial charge in [0.25, 0.3) is 0 Å². The Bertz CT molecular complexity index is 539. The van der Waals surface area contributed by atoms with Crippen molar-refractivity contribution in [2.45, 2.75) is 12.0 Å². The fraction of sp³-hybridized carbons (Fsp3) is 0.643. The average Bonchev–Trinajstić information content (AvgIpc) is 3.06. The first-order valence-electron chi connectivity index (χ1n) is 7.33. The maximum atomic E-state index is 11.7. The van der Waals surface area contributed by atoms with Crippen molar-refractivity contribution in [2.75, 3.05) is 51.4 Å². The summed E-state index contributed by atoms with van der Waals surface area (Å²) in [6.07, 6.45) is 2.02. The molecule has 8 heteroatoms. The molecule has 2 saturated heterocycles. The number of aromatic nitrogens is 2. The number of carbonyl (C=O) groups is 1. The smallest absolute Gasteiger partial charge is 0.326 e. The summed E-state index contributed by atoms with van der Waals surface area (Å²) in [6.45, 7) is 3.55. The highest BCUT2D eigenvalue weighted by atomic mass is 16.5. The number of hydrogen-bond acceptors (Lipinski definition) is 7. The molecule has 2 aliphatic heterocycles. The second-order valence-electron chi connectivity index (χ2n) is 5.53. The maximum Gasteiger partial charge on any atom is 0.326 e. The summed E-state index contributed by atoms with van der Waals surface area (Å²) in [5.41, 5.74) is -0.866. The van der Waals surface area contributed by atoms with E-state index in [1.165, 1.54) is 6.33 Å². The topological polar surface area (TPSA) is 88.0 Å². The van der Waals surface area contributed by atoms with Crippen LogP contribution in [0.3, 0.4) is 0 Å². The Balaban J connectivity index is 1.68. The molecule has 0 bridgehead atoms. The van der Waals surface area contributed by atoms with Crippen molar-refractivity contribution < 1.29 is 19.4 Å². The van der Waals surface area contributed by atoms with Crippen LogP contribution >= 0.6 is 0 Å². The zero-order valence-electron chi connectivity index (χ0n) is 12.6. The number of aliphatic carboxylic acids is 1. The normalized spacial score (nSPS) is 26.1. The lowest BCUT2D eigenvalue weighted by molar-refractivity contribution is -0.152. The van der Waals surface area contributed by atoms with E-state index in [2.05, 4.69) is 14.9 Å². The highest BCUT2D eigenvalue weighted by Crippen LogP contribution is 2.28. The lowest BCUT2D eigenvalue weighted by Crippen LogP contribution is -2.61. The number of carboxylic acids is 1. The number of methoxy groups -OCH3 is 1. The van der Waals surface area contributed by atoms with Crippen LogP contribution < -0.4 is 9.64 Å². The van der Waals surface area contributed by atoms with E-state index in [0.29, 0.717) is 32.0 Å². The Hall–Kier alpha value is -1.93. The van der Waals surface area contributed by atoms with Crippen molar-refractivity contribution in [3.05, 3.63) is 12.4 Å². The number of anilines is 1. The zero-order chi connectivity index (χ0) is 15.6. The molecule has 0 aromatic carbocycles. The van der Waals surface area contributed by atoms with Crippen molar-refractivity contribution in [2.24, 2.45) is 0 Å². The van der Waals surface area contributed by atoms with Gasteiger partial charge in [0.1, 0.15) is 17.7 Å². The number of nitrogens with zero attached hydrogens (tertiary/aromatic N) is 4. The Kier molecular flexibility index (Phi) is 4.12. The molecule has 0 saturated carbocycles. The predicted octanol–water partition coefficient (Wildman–Crippen LogP) is -0.149. The molecule has 3 rings (SSSR count). The SMILES string of the molecule is COc1cc(N2CCN(C3(C(=O)O)CCOC3)CC2)ncn1. The molecule has 22 heavy (non-hydrogen) atoms. The Morgan fingerprint density at radius 3 is 2.73 bits per heavy atom. The molecule has 1 aromatic rings. The Morgan fingerprint density at radius 2 is 2.14 bits per heavy atom. The Morgan fingerprint density at radius 1 is 1.36 bits per heavy atom. The molecule has 120 valence electrons.